The Balaban J connectivity index is 1.26. The van der Waals surface area contributed by atoms with E-state index in [-0.39, 0.29) is 5.69 Å². The Labute approximate surface area is 176 Å². The average Bonchev–Trinajstić information content (AvgIpc) is 3.17. The molecule has 9 nitrogen and oxygen atoms in total. The van der Waals surface area contributed by atoms with E-state index in [1.807, 2.05) is 0 Å². The van der Waals surface area contributed by atoms with E-state index in [4.69, 9.17) is 9.26 Å². The zero-order valence-corrected chi connectivity index (χ0v) is 17.6. The second-order valence-electron chi connectivity index (χ2n) is 8.51. The largest absolute Gasteiger partial charge is 0.373 e. The topological polar surface area (TPSA) is 97.8 Å². The molecule has 2 fully saturated rings. The lowest BCUT2D eigenvalue weighted by molar-refractivity contribution is -0.384. The van der Waals surface area contributed by atoms with Crippen LogP contribution < -0.4 is 0 Å². The van der Waals surface area contributed by atoms with Crippen molar-refractivity contribution in [3.63, 3.8) is 0 Å². The zero-order chi connectivity index (χ0) is 21.1. The van der Waals surface area contributed by atoms with Crippen molar-refractivity contribution in [3.05, 3.63) is 40.3 Å². The minimum Gasteiger partial charge on any atom is -0.373 e. The third-order valence-electron chi connectivity index (χ3n) is 5.88. The number of hydrogen-bond donors (Lipinski definition) is 0. The number of morpholine rings is 1. The van der Waals surface area contributed by atoms with E-state index in [1.165, 1.54) is 25.0 Å². The third kappa shape index (κ3) is 5.21. The van der Waals surface area contributed by atoms with E-state index >= 15 is 0 Å². The van der Waals surface area contributed by atoms with Crippen molar-refractivity contribution in [2.45, 2.75) is 45.4 Å². The van der Waals surface area contributed by atoms with E-state index in [1.54, 1.807) is 12.1 Å². The molecule has 162 valence electrons. The van der Waals surface area contributed by atoms with Crippen LogP contribution in [0, 0.1) is 16.0 Å². The number of nitrogens with zero attached hydrogens (tertiary/aromatic N) is 5. The molecule has 0 spiro atoms. The van der Waals surface area contributed by atoms with Gasteiger partial charge in [-0.2, -0.15) is 4.98 Å². The highest BCUT2D eigenvalue weighted by atomic mass is 16.6. The number of benzene rings is 1. The molecule has 2 atom stereocenters. The molecule has 3 heterocycles. The molecule has 0 amide bonds. The van der Waals surface area contributed by atoms with Gasteiger partial charge < -0.3 is 9.26 Å². The molecule has 0 radical (unpaired) electrons. The van der Waals surface area contributed by atoms with Crippen LogP contribution in [-0.4, -0.2) is 69.8 Å². The molecule has 30 heavy (non-hydrogen) atoms. The number of hydrogen-bond acceptors (Lipinski definition) is 8. The minimum absolute atomic E-state index is 0.0475. The molecule has 2 aromatic rings. The molecule has 9 heteroatoms. The first kappa shape index (κ1) is 20.9. The van der Waals surface area contributed by atoms with Gasteiger partial charge in [0.25, 0.3) is 5.69 Å². The van der Waals surface area contributed by atoms with E-state index < -0.39 is 4.92 Å². The maximum Gasteiger partial charge on any atom is 0.269 e. The predicted molar refractivity (Wildman–Crippen MR) is 111 cm³/mol. The van der Waals surface area contributed by atoms with Crippen LogP contribution in [0.2, 0.25) is 0 Å². The van der Waals surface area contributed by atoms with Crippen molar-refractivity contribution >= 4 is 5.69 Å². The van der Waals surface area contributed by atoms with Crippen molar-refractivity contribution in [3.8, 4) is 11.4 Å². The smallest absolute Gasteiger partial charge is 0.269 e. The van der Waals surface area contributed by atoms with E-state index in [9.17, 15) is 10.1 Å². The summed E-state index contributed by atoms with van der Waals surface area (Å²) in [6, 6.07) is 6.19. The SMILES string of the molecule is CC1CN(CC2CCN(Cc3nc(-c4ccc([N+](=O)[O-])cc4)no3)CC2)CC(C)O1. The lowest BCUT2D eigenvalue weighted by Gasteiger charge is -2.39. The predicted octanol–water partition coefficient (Wildman–Crippen LogP) is 2.97. The van der Waals surface area contributed by atoms with Gasteiger partial charge in [0.15, 0.2) is 0 Å². The van der Waals surface area contributed by atoms with Crippen molar-refractivity contribution in [2.75, 3.05) is 32.7 Å². The third-order valence-corrected chi connectivity index (χ3v) is 5.88. The number of piperidine rings is 1. The van der Waals surface area contributed by atoms with E-state index in [0.29, 0.717) is 36.0 Å². The fourth-order valence-corrected chi connectivity index (χ4v) is 4.49. The Bertz CT molecular complexity index is 837. The maximum atomic E-state index is 10.8. The molecule has 2 aliphatic heterocycles. The quantitative estimate of drug-likeness (QED) is 0.525. The number of nitro groups is 1. The summed E-state index contributed by atoms with van der Waals surface area (Å²) < 4.78 is 11.2. The van der Waals surface area contributed by atoms with Gasteiger partial charge in [0.1, 0.15) is 0 Å². The van der Waals surface area contributed by atoms with Gasteiger partial charge in [-0.25, -0.2) is 0 Å². The van der Waals surface area contributed by atoms with Crippen LogP contribution in [-0.2, 0) is 11.3 Å². The molecular weight excluding hydrogens is 386 g/mol. The van der Waals surface area contributed by atoms with Crippen LogP contribution >= 0.6 is 0 Å². The Morgan fingerprint density at radius 3 is 2.40 bits per heavy atom. The summed E-state index contributed by atoms with van der Waals surface area (Å²) in [5, 5.41) is 14.8. The van der Waals surface area contributed by atoms with Gasteiger partial charge in [0.2, 0.25) is 11.7 Å². The maximum absolute atomic E-state index is 10.8. The van der Waals surface area contributed by atoms with E-state index in [2.05, 4.69) is 33.8 Å². The molecule has 0 N–H and O–H groups in total. The van der Waals surface area contributed by atoms with Gasteiger partial charge in [0.05, 0.1) is 23.7 Å². The number of nitro benzene ring substituents is 1. The monoisotopic (exact) mass is 415 g/mol. The Morgan fingerprint density at radius 2 is 1.77 bits per heavy atom. The highest BCUT2D eigenvalue weighted by Gasteiger charge is 2.27. The van der Waals surface area contributed by atoms with Crippen molar-refractivity contribution < 1.29 is 14.2 Å². The van der Waals surface area contributed by atoms with Crippen LogP contribution in [0.3, 0.4) is 0 Å². The van der Waals surface area contributed by atoms with Crippen LogP contribution in [0.5, 0.6) is 0 Å². The van der Waals surface area contributed by atoms with Gasteiger partial charge in [-0.3, -0.25) is 19.9 Å². The fraction of sp³-hybridized carbons (Fsp3) is 0.619. The van der Waals surface area contributed by atoms with Gasteiger partial charge in [-0.1, -0.05) is 5.16 Å². The van der Waals surface area contributed by atoms with Crippen molar-refractivity contribution in [1.29, 1.82) is 0 Å². The highest BCUT2D eigenvalue weighted by Crippen LogP contribution is 2.23. The van der Waals surface area contributed by atoms with Crippen LogP contribution in [0.1, 0.15) is 32.6 Å². The standard InChI is InChI=1S/C21H29N5O4/c1-15-11-25(12-16(2)29-15)13-17-7-9-24(10-8-17)14-20-22-21(23-30-20)18-3-5-19(6-4-18)26(27)28/h3-6,15-17H,7-14H2,1-2H3. The van der Waals surface area contributed by atoms with Gasteiger partial charge in [-0.05, 0) is 57.8 Å². The normalized spacial score (nSPS) is 24.2. The Morgan fingerprint density at radius 1 is 1.10 bits per heavy atom. The van der Waals surface area contributed by atoms with E-state index in [0.717, 1.165) is 38.6 Å². The average molecular weight is 415 g/mol. The molecule has 0 saturated carbocycles. The number of ether oxygens (including phenoxy) is 1. The molecule has 2 aliphatic rings. The molecule has 2 unspecified atom stereocenters. The van der Waals surface area contributed by atoms with Gasteiger partial charge in [-0.15, -0.1) is 0 Å². The second-order valence-corrected chi connectivity index (χ2v) is 8.51. The lowest BCUT2D eigenvalue weighted by Crippen LogP contribution is -2.48. The summed E-state index contributed by atoms with van der Waals surface area (Å²) >= 11 is 0. The molecule has 1 aromatic carbocycles. The summed E-state index contributed by atoms with van der Waals surface area (Å²) in [5.41, 5.74) is 0.759. The summed E-state index contributed by atoms with van der Waals surface area (Å²) in [7, 11) is 0. The zero-order valence-electron chi connectivity index (χ0n) is 17.6. The minimum atomic E-state index is -0.421. The van der Waals surface area contributed by atoms with Crippen LogP contribution in [0.25, 0.3) is 11.4 Å². The highest BCUT2D eigenvalue weighted by molar-refractivity contribution is 5.56. The molecule has 0 bridgehead atoms. The molecule has 1 aromatic heterocycles. The first-order valence-electron chi connectivity index (χ1n) is 10.6. The summed E-state index contributed by atoms with van der Waals surface area (Å²) in [4.78, 5) is 19.7. The Kier molecular flexibility index (Phi) is 6.40. The van der Waals surface area contributed by atoms with Crippen LogP contribution in [0.4, 0.5) is 5.69 Å². The lowest BCUT2D eigenvalue weighted by atomic mass is 9.95. The van der Waals surface area contributed by atoms with Gasteiger partial charge >= 0.3 is 0 Å². The number of likely N-dealkylation sites (tertiary alicyclic amines) is 1. The molecule has 0 aliphatic carbocycles. The molecular formula is C21H29N5O4. The fourth-order valence-electron chi connectivity index (χ4n) is 4.49. The van der Waals surface area contributed by atoms with Crippen molar-refractivity contribution in [1.82, 2.24) is 19.9 Å². The number of non-ortho nitro benzene ring substituents is 1. The second kappa shape index (κ2) is 9.20. The molecule has 2 saturated heterocycles. The van der Waals surface area contributed by atoms with Gasteiger partial charge in [0, 0.05) is 37.3 Å². The molecule has 4 rings (SSSR count). The first-order valence-corrected chi connectivity index (χ1v) is 10.6. The summed E-state index contributed by atoms with van der Waals surface area (Å²) in [6.07, 6.45) is 2.97. The van der Waals surface area contributed by atoms with Crippen LogP contribution in [0.15, 0.2) is 28.8 Å². The number of rotatable bonds is 6. The first-order chi connectivity index (χ1) is 14.5. The van der Waals surface area contributed by atoms with Crippen molar-refractivity contribution in [2.24, 2.45) is 5.92 Å². The Hall–Kier alpha value is -2.36. The number of aromatic nitrogens is 2. The summed E-state index contributed by atoms with van der Waals surface area (Å²) in [5.74, 6) is 1.76. The summed E-state index contributed by atoms with van der Waals surface area (Å²) in [6.45, 7) is 10.2.